The van der Waals surface area contributed by atoms with E-state index >= 15 is 0 Å². The largest absolute Gasteiger partial charge is 0.465 e. The fraction of sp³-hybridized carbons (Fsp3) is 0.538. The van der Waals surface area contributed by atoms with Gasteiger partial charge in [0.1, 0.15) is 5.82 Å². The SMILES string of the molecule is COC(=O)c1ccc(NN2CCCCC2)nc1C. The normalized spacial score (nSPS) is 16.3. The summed E-state index contributed by atoms with van der Waals surface area (Å²) in [6.07, 6.45) is 3.73. The molecule has 0 atom stereocenters. The summed E-state index contributed by atoms with van der Waals surface area (Å²) in [4.78, 5) is 15.8. The zero-order valence-corrected chi connectivity index (χ0v) is 10.9. The smallest absolute Gasteiger partial charge is 0.339 e. The molecule has 0 radical (unpaired) electrons. The number of hydrogen-bond acceptors (Lipinski definition) is 5. The van der Waals surface area contributed by atoms with Crippen LogP contribution < -0.4 is 5.43 Å². The molecular formula is C13H19N3O2. The highest BCUT2D eigenvalue weighted by molar-refractivity contribution is 5.90. The number of carbonyl (C=O) groups excluding carboxylic acids is 1. The van der Waals surface area contributed by atoms with E-state index < -0.39 is 0 Å². The molecule has 5 heteroatoms. The van der Waals surface area contributed by atoms with Crippen molar-refractivity contribution in [2.45, 2.75) is 26.2 Å². The number of piperidine rings is 1. The fourth-order valence-electron chi connectivity index (χ4n) is 2.12. The highest BCUT2D eigenvalue weighted by Crippen LogP contribution is 2.14. The molecule has 1 fully saturated rings. The van der Waals surface area contributed by atoms with Crippen LogP contribution in [0.3, 0.4) is 0 Å². The number of ether oxygens (including phenoxy) is 1. The Morgan fingerprint density at radius 2 is 2.06 bits per heavy atom. The minimum atomic E-state index is -0.343. The van der Waals surface area contributed by atoms with Gasteiger partial charge in [-0.1, -0.05) is 6.42 Å². The Bertz CT molecular complexity index is 428. The molecule has 0 unspecified atom stereocenters. The highest BCUT2D eigenvalue weighted by Gasteiger charge is 2.13. The maximum absolute atomic E-state index is 11.4. The summed E-state index contributed by atoms with van der Waals surface area (Å²) in [6.45, 7) is 3.90. The van der Waals surface area contributed by atoms with Gasteiger partial charge in [0, 0.05) is 13.1 Å². The Hall–Kier alpha value is -1.62. The van der Waals surface area contributed by atoms with Crippen LogP contribution in [0.2, 0.25) is 0 Å². The molecule has 1 aliphatic heterocycles. The van der Waals surface area contributed by atoms with Crippen molar-refractivity contribution in [1.29, 1.82) is 0 Å². The quantitative estimate of drug-likeness (QED) is 0.830. The first kappa shape index (κ1) is 12.8. The Balaban J connectivity index is 2.06. The Kier molecular flexibility index (Phi) is 4.15. The van der Waals surface area contributed by atoms with Gasteiger partial charge in [0.25, 0.3) is 0 Å². The van der Waals surface area contributed by atoms with Crippen LogP contribution in [-0.2, 0) is 4.74 Å². The lowest BCUT2D eigenvalue weighted by molar-refractivity contribution is 0.0599. The van der Waals surface area contributed by atoms with Gasteiger partial charge in [0.2, 0.25) is 0 Å². The van der Waals surface area contributed by atoms with Crippen molar-refractivity contribution in [3.05, 3.63) is 23.4 Å². The topological polar surface area (TPSA) is 54.5 Å². The number of aromatic nitrogens is 1. The van der Waals surface area contributed by atoms with E-state index in [1.807, 2.05) is 13.0 Å². The van der Waals surface area contributed by atoms with Gasteiger partial charge in [-0.15, -0.1) is 0 Å². The highest BCUT2D eigenvalue weighted by atomic mass is 16.5. The minimum absolute atomic E-state index is 0.343. The van der Waals surface area contributed by atoms with Crippen LogP contribution in [0.1, 0.15) is 35.3 Å². The molecule has 1 N–H and O–H groups in total. The van der Waals surface area contributed by atoms with E-state index in [1.54, 1.807) is 6.07 Å². The summed E-state index contributed by atoms with van der Waals surface area (Å²) < 4.78 is 4.70. The standard InChI is InChI=1S/C13H19N3O2/c1-10-11(13(17)18-2)6-7-12(14-10)15-16-8-4-3-5-9-16/h6-7H,3-5,8-9H2,1-2H3,(H,14,15). The van der Waals surface area contributed by atoms with Crippen LogP contribution >= 0.6 is 0 Å². The lowest BCUT2D eigenvalue weighted by Crippen LogP contribution is -2.35. The molecule has 1 aromatic rings. The minimum Gasteiger partial charge on any atom is -0.465 e. The van der Waals surface area contributed by atoms with Gasteiger partial charge >= 0.3 is 5.97 Å². The molecule has 2 rings (SSSR count). The van der Waals surface area contributed by atoms with Gasteiger partial charge in [-0.3, -0.25) is 0 Å². The third-order valence-corrected chi connectivity index (χ3v) is 3.12. The van der Waals surface area contributed by atoms with Crippen molar-refractivity contribution < 1.29 is 9.53 Å². The summed E-state index contributed by atoms with van der Waals surface area (Å²) in [7, 11) is 1.38. The predicted molar refractivity (Wildman–Crippen MR) is 69.4 cm³/mol. The maximum atomic E-state index is 11.4. The average molecular weight is 249 g/mol. The number of methoxy groups -OCH3 is 1. The number of hydrogen-bond donors (Lipinski definition) is 1. The summed E-state index contributed by atoms with van der Waals surface area (Å²) >= 11 is 0. The molecule has 0 saturated carbocycles. The fourth-order valence-corrected chi connectivity index (χ4v) is 2.12. The molecule has 2 heterocycles. The van der Waals surface area contributed by atoms with Crippen molar-refractivity contribution in [2.24, 2.45) is 0 Å². The van der Waals surface area contributed by atoms with Crippen LogP contribution in [-0.4, -0.2) is 36.2 Å². The third-order valence-electron chi connectivity index (χ3n) is 3.12. The van der Waals surface area contributed by atoms with Gasteiger partial charge in [-0.2, -0.15) is 0 Å². The molecule has 1 saturated heterocycles. The summed E-state index contributed by atoms with van der Waals surface area (Å²) in [5.74, 6) is 0.437. The second-order valence-electron chi connectivity index (χ2n) is 4.48. The molecule has 0 aromatic carbocycles. The van der Waals surface area contributed by atoms with Crippen molar-refractivity contribution >= 4 is 11.8 Å². The van der Waals surface area contributed by atoms with Crippen molar-refractivity contribution in [1.82, 2.24) is 9.99 Å². The van der Waals surface area contributed by atoms with E-state index in [1.165, 1.54) is 26.4 Å². The van der Waals surface area contributed by atoms with Gasteiger partial charge in [-0.25, -0.2) is 14.8 Å². The van der Waals surface area contributed by atoms with Crippen molar-refractivity contribution in [3.63, 3.8) is 0 Å². The van der Waals surface area contributed by atoms with E-state index in [0.717, 1.165) is 18.9 Å². The molecular weight excluding hydrogens is 230 g/mol. The zero-order chi connectivity index (χ0) is 13.0. The predicted octanol–water partition coefficient (Wildman–Crippen LogP) is 1.99. The van der Waals surface area contributed by atoms with Crippen LogP contribution in [0.4, 0.5) is 5.82 Å². The van der Waals surface area contributed by atoms with Crippen LogP contribution in [0.15, 0.2) is 12.1 Å². The van der Waals surface area contributed by atoms with Gasteiger partial charge < -0.3 is 10.2 Å². The molecule has 0 bridgehead atoms. The summed E-state index contributed by atoms with van der Waals surface area (Å²) in [5.41, 5.74) is 4.48. The number of carbonyl (C=O) groups is 1. The number of anilines is 1. The van der Waals surface area contributed by atoms with Gasteiger partial charge in [0.15, 0.2) is 0 Å². The molecule has 0 spiro atoms. The number of esters is 1. The van der Waals surface area contributed by atoms with Crippen LogP contribution in [0.5, 0.6) is 0 Å². The molecule has 0 amide bonds. The van der Waals surface area contributed by atoms with Crippen molar-refractivity contribution in [2.75, 3.05) is 25.6 Å². The third kappa shape index (κ3) is 2.98. The molecule has 1 aromatic heterocycles. The maximum Gasteiger partial charge on any atom is 0.339 e. The Morgan fingerprint density at radius 1 is 1.33 bits per heavy atom. The van der Waals surface area contributed by atoms with Crippen LogP contribution in [0.25, 0.3) is 0 Å². The first-order valence-electron chi connectivity index (χ1n) is 6.28. The number of nitrogens with zero attached hydrogens (tertiary/aromatic N) is 2. The van der Waals surface area contributed by atoms with E-state index in [2.05, 4.69) is 15.4 Å². The zero-order valence-electron chi connectivity index (χ0n) is 10.9. The number of nitrogens with one attached hydrogen (secondary N) is 1. The van der Waals surface area contributed by atoms with E-state index in [-0.39, 0.29) is 5.97 Å². The second-order valence-corrected chi connectivity index (χ2v) is 4.48. The number of rotatable bonds is 3. The molecule has 1 aliphatic rings. The number of hydrazine groups is 1. The molecule has 98 valence electrons. The second kappa shape index (κ2) is 5.82. The molecule has 0 aliphatic carbocycles. The average Bonchev–Trinajstić information content (AvgIpc) is 2.39. The lowest BCUT2D eigenvalue weighted by Gasteiger charge is -2.27. The monoisotopic (exact) mass is 249 g/mol. The first-order chi connectivity index (χ1) is 8.70. The van der Waals surface area contributed by atoms with E-state index in [9.17, 15) is 4.79 Å². The Morgan fingerprint density at radius 3 is 2.67 bits per heavy atom. The summed E-state index contributed by atoms with van der Waals surface area (Å²) in [6, 6.07) is 3.56. The van der Waals surface area contributed by atoms with Gasteiger partial charge in [-0.05, 0) is 31.9 Å². The first-order valence-corrected chi connectivity index (χ1v) is 6.28. The number of aryl methyl sites for hydroxylation is 1. The van der Waals surface area contributed by atoms with Gasteiger partial charge in [0.05, 0.1) is 18.4 Å². The molecule has 5 nitrogen and oxygen atoms in total. The van der Waals surface area contributed by atoms with E-state index in [4.69, 9.17) is 4.74 Å². The molecule has 18 heavy (non-hydrogen) atoms. The number of pyridine rings is 1. The van der Waals surface area contributed by atoms with Crippen molar-refractivity contribution in [3.8, 4) is 0 Å². The Labute approximate surface area is 107 Å². The van der Waals surface area contributed by atoms with Crippen LogP contribution in [0, 0.1) is 6.92 Å². The summed E-state index contributed by atoms with van der Waals surface area (Å²) in [5, 5.41) is 2.17. The van der Waals surface area contributed by atoms with E-state index in [0.29, 0.717) is 11.3 Å². The lowest BCUT2D eigenvalue weighted by atomic mass is 10.2.